The van der Waals surface area contributed by atoms with Crippen molar-refractivity contribution < 1.29 is 38.0 Å². The molecule has 3 aromatic rings. The van der Waals surface area contributed by atoms with Crippen LogP contribution in [0.15, 0.2) is 42.5 Å². The molecule has 0 heterocycles. The number of carbonyl (C=O) groups is 2. The minimum Gasteiger partial charge on any atom is -0.488 e. The maximum absolute atomic E-state index is 12.8. The first-order valence-corrected chi connectivity index (χ1v) is 19.7. The van der Waals surface area contributed by atoms with E-state index in [2.05, 4.69) is 27.7 Å². The Bertz CT molecular complexity index is 1440. The second-order valence-electron chi connectivity index (χ2n) is 13.2. The average Bonchev–Trinajstić information content (AvgIpc) is 3.12. The molecule has 3 aromatic carbocycles. The van der Waals surface area contributed by atoms with Crippen molar-refractivity contribution >= 4 is 45.1 Å². The van der Waals surface area contributed by atoms with E-state index in [1.807, 2.05) is 42.5 Å². The number of carbonyl (C=O) groups excluding carboxylic acids is 2. The number of halogens is 1. The smallest absolute Gasteiger partial charge is 0.306 e. The van der Waals surface area contributed by atoms with E-state index in [0.29, 0.717) is 42.6 Å². The first-order valence-electron chi connectivity index (χ1n) is 19.4. The summed E-state index contributed by atoms with van der Waals surface area (Å²) in [5.41, 5.74) is 0. The highest BCUT2D eigenvalue weighted by Crippen LogP contribution is 2.44. The predicted molar refractivity (Wildman–Crippen MR) is 206 cm³/mol. The summed E-state index contributed by atoms with van der Waals surface area (Å²) >= 11 is 6.57. The van der Waals surface area contributed by atoms with Gasteiger partial charge in [0.2, 0.25) is 0 Å². The van der Waals surface area contributed by atoms with E-state index in [1.54, 1.807) is 0 Å². The molecule has 0 aromatic heterocycles. The van der Waals surface area contributed by atoms with E-state index >= 15 is 0 Å². The van der Waals surface area contributed by atoms with Crippen molar-refractivity contribution in [1.82, 2.24) is 0 Å². The van der Waals surface area contributed by atoms with Gasteiger partial charge in [0.15, 0.2) is 12.2 Å². The van der Waals surface area contributed by atoms with Gasteiger partial charge < -0.3 is 28.4 Å². The molecule has 0 bridgehead atoms. The first kappa shape index (κ1) is 42.3. The standard InChI is InChI=1S/C42H61ClO8/c1-5-9-13-21-39(44)50-33(28-46-25-17-11-7-3)30-48-41-35-19-15-16-20-36(35)42(38-27-32(43)23-24-37(38)41)49-31-34(29-47-26-18-12-8-4)51-40(45)22-14-10-6-2/h15-16,19-20,23-24,27,33-34H,5-14,17-18,21-22,25-26,28-31H2,1-4H3. The maximum Gasteiger partial charge on any atom is 0.306 e. The molecule has 0 aliphatic heterocycles. The lowest BCUT2D eigenvalue weighted by Gasteiger charge is -2.23. The molecule has 2 atom stereocenters. The summed E-state index contributed by atoms with van der Waals surface area (Å²) in [5.74, 6) is 0.771. The van der Waals surface area contributed by atoms with Crippen molar-refractivity contribution in [3.63, 3.8) is 0 Å². The van der Waals surface area contributed by atoms with E-state index < -0.39 is 12.2 Å². The minimum absolute atomic E-state index is 0.116. The Labute approximate surface area is 310 Å². The third kappa shape index (κ3) is 15.2. The van der Waals surface area contributed by atoms with Crippen molar-refractivity contribution in [1.29, 1.82) is 0 Å². The molecule has 3 rings (SSSR count). The number of fused-ring (bicyclic) bond motifs is 2. The number of ether oxygens (including phenoxy) is 6. The number of hydrogen-bond donors (Lipinski definition) is 0. The van der Waals surface area contributed by atoms with Gasteiger partial charge in [0.1, 0.15) is 24.7 Å². The number of benzene rings is 3. The van der Waals surface area contributed by atoms with Gasteiger partial charge in [-0.05, 0) is 43.9 Å². The molecule has 0 N–H and O–H groups in total. The molecule has 51 heavy (non-hydrogen) atoms. The van der Waals surface area contributed by atoms with Crippen LogP contribution in [-0.4, -0.2) is 63.8 Å². The van der Waals surface area contributed by atoms with Gasteiger partial charge in [-0.1, -0.05) is 115 Å². The molecule has 0 aliphatic rings. The van der Waals surface area contributed by atoms with Crippen LogP contribution in [0.2, 0.25) is 5.02 Å². The van der Waals surface area contributed by atoms with E-state index in [9.17, 15) is 9.59 Å². The molecule has 0 saturated heterocycles. The number of rotatable bonds is 28. The van der Waals surface area contributed by atoms with Gasteiger partial charge in [0, 0.05) is 52.6 Å². The molecule has 0 spiro atoms. The van der Waals surface area contributed by atoms with Gasteiger partial charge in [0.25, 0.3) is 0 Å². The van der Waals surface area contributed by atoms with Gasteiger partial charge in [-0.2, -0.15) is 0 Å². The minimum atomic E-state index is -0.574. The molecule has 0 aliphatic carbocycles. The Balaban J connectivity index is 1.88. The van der Waals surface area contributed by atoms with E-state index in [0.717, 1.165) is 98.6 Å². The molecular weight excluding hydrogens is 668 g/mol. The molecule has 9 heteroatoms. The number of esters is 2. The van der Waals surface area contributed by atoms with Crippen LogP contribution in [0.1, 0.15) is 118 Å². The second-order valence-corrected chi connectivity index (χ2v) is 13.7. The van der Waals surface area contributed by atoms with Crippen LogP contribution in [0.5, 0.6) is 11.5 Å². The predicted octanol–water partition coefficient (Wildman–Crippen LogP) is 10.8. The summed E-state index contributed by atoms with van der Waals surface area (Å²) in [5, 5.41) is 3.77. The highest BCUT2D eigenvalue weighted by molar-refractivity contribution is 6.31. The quantitative estimate of drug-likeness (QED) is 0.0415. The van der Waals surface area contributed by atoms with Gasteiger partial charge in [-0.3, -0.25) is 9.59 Å². The first-order chi connectivity index (χ1) is 24.9. The normalized spacial score (nSPS) is 12.6. The summed E-state index contributed by atoms with van der Waals surface area (Å²) in [6, 6.07) is 13.5. The highest BCUT2D eigenvalue weighted by atomic mass is 35.5. The van der Waals surface area contributed by atoms with Gasteiger partial charge in [-0.25, -0.2) is 0 Å². The van der Waals surface area contributed by atoms with Crippen molar-refractivity contribution in [3.05, 3.63) is 47.5 Å². The zero-order valence-corrected chi connectivity index (χ0v) is 32.2. The van der Waals surface area contributed by atoms with Crippen LogP contribution in [-0.2, 0) is 28.5 Å². The maximum atomic E-state index is 12.8. The van der Waals surface area contributed by atoms with E-state index in [4.69, 9.17) is 40.0 Å². The largest absolute Gasteiger partial charge is 0.488 e. The fourth-order valence-electron chi connectivity index (χ4n) is 5.83. The highest BCUT2D eigenvalue weighted by Gasteiger charge is 2.22. The topological polar surface area (TPSA) is 89.5 Å². The Morgan fingerprint density at radius 2 is 0.980 bits per heavy atom. The molecule has 0 saturated carbocycles. The van der Waals surface area contributed by atoms with Crippen molar-refractivity contribution in [3.8, 4) is 11.5 Å². The van der Waals surface area contributed by atoms with Gasteiger partial charge in [-0.15, -0.1) is 0 Å². The van der Waals surface area contributed by atoms with E-state index in [-0.39, 0.29) is 38.4 Å². The Morgan fingerprint density at radius 1 is 0.549 bits per heavy atom. The van der Waals surface area contributed by atoms with Gasteiger partial charge >= 0.3 is 11.9 Å². The van der Waals surface area contributed by atoms with Crippen LogP contribution in [0.4, 0.5) is 0 Å². The van der Waals surface area contributed by atoms with Crippen LogP contribution in [0.25, 0.3) is 21.5 Å². The third-order valence-corrected chi connectivity index (χ3v) is 8.91. The van der Waals surface area contributed by atoms with Crippen molar-refractivity contribution in [2.24, 2.45) is 0 Å². The van der Waals surface area contributed by atoms with E-state index in [1.165, 1.54) is 0 Å². The average molecular weight is 729 g/mol. The molecule has 2 unspecified atom stereocenters. The summed E-state index contributed by atoms with van der Waals surface area (Å²) in [4.78, 5) is 25.5. The number of unbranched alkanes of at least 4 members (excludes halogenated alkanes) is 8. The molecule has 284 valence electrons. The van der Waals surface area contributed by atoms with Crippen LogP contribution >= 0.6 is 11.6 Å². The molecular formula is C42H61ClO8. The van der Waals surface area contributed by atoms with Crippen molar-refractivity contribution in [2.75, 3.05) is 39.6 Å². The molecule has 0 amide bonds. The zero-order chi connectivity index (χ0) is 36.7. The fourth-order valence-corrected chi connectivity index (χ4v) is 6.01. The SMILES string of the molecule is CCCCCOCC(COc1c2ccccc2c(OCC(COCCCCC)OC(=O)CCCCC)c2cc(Cl)ccc12)OC(=O)CCCCC. The third-order valence-electron chi connectivity index (χ3n) is 8.67. The summed E-state index contributed by atoms with van der Waals surface area (Å²) in [6.07, 6.45) is 11.5. The van der Waals surface area contributed by atoms with Crippen molar-refractivity contribution in [2.45, 2.75) is 130 Å². The zero-order valence-electron chi connectivity index (χ0n) is 31.5. The Morgan fingerprint density at radius 3 is 1.45 bits per heavy atom. The Kier molecular flexibility index (Phi) is 20.8. The lowest BCUT2D eigenvalue weighted by molar-refractivity contribution is -0.155. The van der Waals surface area contributed by atoms with Crippen LogP contribution in [0, 0.1) is 0 Å². The van der Waals surface area contributed by atoms with Crippen LogP contribution in [0.3, 0.4) is 0 Å². The molecule has 0 fully saturated rings. The van der Waals surface area contributed by atoms with Gasteiger partial charge in [0.05, 0.1) is 13.2 Å². The lowest BCUT2D eigenvalue weighted by Crippen LogP contribution is -2.30. The van der Waals surface area contributed by atoms with Crippen LogP contribution < -0.4 is 9.47 Å². The fraction of sp³-hybridized carbons (Fsp3) is 0.619. The Hall–Kier alpha value is -3.07. The lowest BCUT2D eigenvalue weighted by atomic mass is 10.0. The second kappa shape index (κ2) is 25.0. The summed E-state index contributed by atoms with van der Waals surface area (Å²) in [6.45, 7) is 10.5. The summed E-state index contributed by atoms with van der Waals surface area (Å²) < 4.78 is 36.8. The molecule has 8 nitrogen and oxygen atoms in total. The summed E-state index contributed by atoms with van der Waals surface area (Å²) in [7, 11) is 0. The monoisotopic (exact) mass is 728 g/mol. The number of hydrogen-bond acceptors (Lipinski definition) is 8. The molecule has 0 radical (unpaired) electrons.